The fraction of sp³-hybridized carbons (Fsp3) is 0.462. The Morgan fingerprint density at radius 1 is 1.59 bits per heavy atom. The molecule has 2 N–H and O–H groups in total. The molecule has 17 heavy (non-hydrogen) atoms. The average molecular weight is 234 g/mol. The van der Waals surface area contributed by atoms with Crippen LogP contribution in [0.4, 0.5) is 5.69 Å². The summed E-state index contributed by atoms with van der Waals surface area (Å²) in [6, 6.07) is 5.34. The van der Waals surface area contributed by atoms with Gasteiger partial charge in [-0.3, -0.25) is 4.79 Å². The average Bonchev–Trinajstić information content (AvgIpc) is 2.26. The molecule has 0 saturated carbocycles. The van der Waals surface area contributed by atoms with E-state index in [1.807, 2.05) is 32.0 Å². The SMILES string of the molecule is Cc1ccc2c(c1)O[C@@H](C)CN2C(=O)[C@H](C)N. The second kappa shape index (κ2) is 4.37. The van der Waals surface area contributed by atoms with E-state index in [1.165, 1.54) is 0 Å². The van der Waals surface area contributed by atoms with Crippen LogP contribution in [0.25, 0.3) is 0 Å². The van der Waals surface area contributed by atoms with Crippen molar-refractivity contribution in [1.29, 1.82) is 0 Å². The number of hydrogen-bond acceptors (Lipinski definition) is 3. The number of nitrogens with zero attached hydrogens (tertiary/aromatic N) is 1. The highest BCUT2D eigenvalue weighted by atomic mass is 16.5. The molecule has 1 amide bonds. The van der Waals surface area contributed by atoms with Gasteiger partial charge in [-0.2, -0.15) is 0 Å². The van der Waals surface area contributed by atoms with Gasteiger partial charge in [0.15, 0.2) is 0 Å². The van der Waals surface area contributed by atoms with Crippen LogP contribution < -0.4 is 15.4 Å². The molecular formula is C13H18N2O2. The Morgan fingerprint density at radius 2 is 2.29 bits per heavy atom. The normalized spacial score (nSPS) is 20.5. The van der Waals surface area contributed by atoms with Crippen LogP contribution in [0, 0.1) is 6.92 Å². The lowest BCUT2D eigenvalue weighted by atomic mass is 10.1. The summed E-state index contributed by atoms with van der Waals surface area (Å²) in [7, 11) is 0. The Hall–Kier alpha value is -1.55. The van der Waals surface area contributed by atoms with Crippen LogP contribution in [0.5, 0.6) is 5.75 Å². The minimum atomic E-state index is -0.491. The third kappa shape index (κ3) is 2.26. The van der Waals surface area contributed by atoms with E-state index in [0.717, 1.165) is 17.0 Å². The summed E-state index contributed by atoms with van der Waals surface area (Å²) in [6.45, 7) is 6.21. The Balaban J connectivity index is 2.41. The first kappa shape index (κ1) is 11.9. The Labute approximate surface area is 101 Å². The van der Waals surface area contributed by atoms with Gasteiger partial charge in [0, 0.05) is 0 Å². The van der Waals surface area contributed by atoms with Gasteiger partial charge < -0.3 is 15.4 Å². The maximum absolute atomic E-state index is 12.0. The van der Waals surface area contributed by atoms with Crippen molar-refractivity contribution in [3.8, 4) is 5.75 Å². The molecule has 2 rings (SSSR count). The summed E-state index contributed by atoms with van der Waals surface area (Å²) in [4.78, 5) is 13.8. The van der Waals surface area contributed by atoms with Crippen molar-refractivity contribution in [2.75, 3.05) is 11.4 Å². The molecule has 0 bridgehead atoms. The van der Waals surface area contributed by atoms with Crippen LogP contribution in [0.3, 0.4) is 0 Å². The number of carbonyl (C=O) groups is 1. The standard InChI is InChI=1S/C13H18N2O2/c1-8-4-5-11-12(6-8)17-9(2)7-15(11)13(16)10(3)14/h4-6,9-10H,7,14H2,1-3H3/t9-,10-/m0/s1. The molecule has 0 aromatic heterocycles. The molecule has 4 nitrogen and oxygen atoms in total. The molecule has 1 heterocycles. The molecule has 1 aliphatic heterocycles. The minimum Gasteiger partial charge on any atom is -0.487 e. The summed E-state index contributed by atoms with van der Waals surface area (Å²) >= 11 is 0. The first-order valence-corrected chi connectivity index (χ1v) is 5.83. The number of ether oxygens (including phenoxy) is 1. The van der Waals surface area contributed by atoms with E-state index in [9.17, 15) is 4.79 Å². The smallest absolute Gasteiger partial charge is 0.243 e. The maximum atomic E-state index is 12.0. The van der Waals surface area contributed by atoms with Gasteiger partial charge in [-0.25, -0.2) is 0 Å². The Morgan fingerprint density at radius 3 is 2.94 bits per heavy atom. The second-order valence-electron chi connectivity index (χ2n) is 4.64. The number of benzene rings is 1. The van der Waals surface area contributed by atoms with Crippen LogP contribution >= 0.6 is 0 Å². The monoisotopic (exact) mass is 234 g/mol. The van der Waals surface area contributed by atoms with E-state index in [1.54, 1.807) is 11.8 Å². The molecule has 0 fully saturated rings. The quantitative estimate of drug-likeness (QED) is 0.800. The minimum absolute atomic E-state index is 0.00741. The van der Waals surface area contributed by atoms with E-state index in [-0.39, 0.29) is 12.0 Å². The molecular weight excluding hydrogens is 216 g/mol. The Kier molecular flexibility index (Phi) is 3.07. The van der Waals surface area contributed by atoms with Gasteiger partial charge in [0.2, 0.25) is 5.91 Å². The summed E-state index contributed by atoms with van der Waals surface area (Å²) < 4.78 is 5.74. The van der Waals surface area contributed by atoms with E-state index >= 15 is 0 Å². The lowest BCUT2D eigenvalue weighted by Gasteiger charge is -2.34. The molecule has 1 aromatic rings. The zero-order valence-electron chi connectivity index (χ0n) is 10.4. The van der Waals surface area contributed by atoms with Gasteiger partial charge in [-0.1, -0.05) is 6.07 Å². The van der Waals surface area contributed by atoms with Crippen molar-refractivity contribution in [3.63, 3.8) is 0 Å². The predicted molar refractivity (Wildman–Crippen MR) is 67.3 cm³/mol. The van der Waals surface area contributed by atoms with E-state index in [4.69, 9.17) is 10.5 Å². The van der Waals surface area contributed by atoms with Crippen molar-refractivity contribution in [3.05, 3.63) is 23.8 Å². The molecule has 0 radical (unpaired) electrons. The number of fused-ring (bicyclic) bond motifs is 1. The fourth-order valence-electron chi connectivity index (χ4n) is 2.00. The van der Waals surface area contributed by atoms with Crippen molar-refractivity contribution >= 4 is 11.6 Å². The molecule has 0 saturated heterocycles. The number of aryl methyl sites for hydroxylation is 1. The summed E-state index contributed by atoms with van der Waals surface area (Å²) in [5.41, 5.74) is 7.60. The van der Waals surface area contributed by atoms with Crippen molar-refractivity contribution < 1.29 is 9.53 Å². The van der Waals surface area contributed by atoms with E-state index in [2.05, 4.69) is 0 Å². The highest BCUT2D eigenvalue weighted by Crippen LogP contribution is 2.34. The fourth-order valence-corrected chi connectivity index (χ4v) is 2.00. The van der Waals surface area contributed by atoms with Gasteiger partial charge in [0.05, 0.1) is 18.3 Å². The molecule has 0 aliphatic carbocycles. The maximum Gasteiger partial charge on any atom is 0.243 e. The van der Waals surface area contributed by atoms with Crippen LogP contribution in [0.1, 0.15) is 19.4 Å². The molecule has 1 aromatic carbocycles. The number of nitrogens with two attached hydrogens (primary N) is 1. The van der Waals surface area contributed by atoms with Crippen molar-refractivity contribution in [1.82, 2.24) is 0 Å². The van der Waals surface area contributed by atoms with Crippen molar-refractivity contribution in [2.24, 2.45) is 5.73 Å². The molecule has 92 valence electrons. The zero-order chi connectivity index (χ0) is 12.6. The Bertz CT molecular complexity index is 443. The third-order valence-corrected chi connectivity index (χ3v) is 2.83. The van der Waals surface area contributed by atoms with Crippen LogP contribution in [-0.4, -0.2) is 24.6 Å². The first-order chi connectivity index (χ1) is 7.99. The molecule has 4 heteroatoms. The molecule has 0 spiro atoms. The number of rotatable bonds is 1. The third-order valence-electron chi connectivity index (χ3n) is 2.83. The number of hydrogen-bond donors (Lipinski definition) is 1. The summed E-state index contributed by atoms with van der Waals surface area (Å²) in [5, 5.41) is 0. The van der Waals surface area contributed by atoms with E-state index in [0.29, 0.717) is 6.54 Å². The van der Waals surface area contributed by atoms with Gasteiger partial charge in [0.25, 0.3) is 0 Å². The molecule has 2 atom stereocenters. The lowest BCUT2D eigenvalue weighted by Crippen LogP contribution is -2.48. The first-order valence-electron chi connectivity index (χ1n) is 5.83. The predicted octanol–water partition coefficient (Wildman–Crippen LogP) is 1.46. The van der Waals surface area contributed by atoms with E-state index < -0.39 is 6.04 Å². The topological polar surface area (TPSA) is 55.6 Å². The van der Waals surface area contributed by atoms with Crippen LogP contribution in [0.2, 0.25) is 0 Å². The van der Waals surface area contributed by atoms with Gasteiger partial charge in [-0.15, -0.1) is 0 Å². The second-order valence-corrected chi connectivity index (χ2v) is 4.64. The summed E-state index contributed by atoms with van der Waals surface area (Å²) in [6.07, 6.45) is -0.00741. The van der Waals surface area contributed by atoms with Gasteiger partial charge >= 0.3 is 0 Å². The highest BCUT2D eigenvalue weighted by Gasteiger charge is 2.28. The van der Waals surface area contributed by atoms with Gasteiger partial charge in [0.1, 0.15) is 11.9 Å². The number of amides is 1. The number of anilines is 1. The molecule has 0 unspecified atom stereocenters. The van der Waals surface area contributed by atoms with Gasteiger partial charge in [-0.05, 0) is 38.5 Å². The highest BCUT2D eigenvalue weighted by molar-refractivity contribution is 5.98. The largest absolute Gasteiger partial charge is 0.487 e. The zero-order valence-corrected chi connectivity index (χ0v) is 10.4. The molecule has 1 aliphatic rings. The van der Waals surface area contributed by atoms with Crippen LogP contribution in [-0.2, 0) is 4.79 Å². The summed E-state index contributed by atoms with van der Waals surface area (Å²) in [5.74, 6) is 0.697. The van der Waals surface area contributed by atoms with Crippen molar-refractivity contribution in [2.45, 2.75) is 32.9 Å². The number of carbonyl (C=O) groups excluding carboxylic acids is 1. The van der Waals surface area contributed by atoms with Crippen LogP contribution in [0.15, 0.2) is 18.2 Å². The lowest BCUT2D eigenvalue weighted by molar-refractivity contribution is -0.119.